The lowest BCUT2D eigenvalue weighted by Gasteiger charge is -2.02. The van der Waals surface area contributed by atoms with Crippen LogP contribution in [0.1, 0.15) is 38.1 Å². The summed E-state index contributed by atoms with van der Waals surface area (Å²) in [7, 11) is 3.01. The molecule has 0 radical (unpaired) electrons. The topological polar surface area (TPSA) is 78.3 Å². The first kappa shape index (κ1) is 20.8. The summed E-state index contributed by atoms with van der Waals surface area (Å²) in [6.07, 6.45) is 0.752. The highest BCUT2D eigenvalue weighted by atomic mass is 16.5. The van der Waals surface area contributed by atoms with Crippen molar-refractivity contribution < 1.29 is 9.53 Å². The molecule has 4 nitrogen and oxygen atoms in total. The summed E-state index contributed by atoms with van der Waals surface area (Å²) in [6.45, 7) is 8.00. The van der Waals surface area contributed by atoms with Crippen LogP contribution in [-0.4, -0.2) is 20.4 Å². The van der Waals surface area contributed by atoms with Gasteiger partial charge in [-0.3, -0.25) is 4.79 Å². The summed E-state index contributed by atoms with van der Waals surface area (Å²) in [5.74, 6) is 0.537. The van der Waals surface area contributed by atoms with E-state index in [0.29, 0.717) is 17.0 Å². The Bertz CT molecular complexity index is 276. The van der Waals surface area contributed by atoms with Crippen molar-refractivity contribution in [1.82, 2.24) is 0 Å². The molecule has 0 heterocycles. The minimum Gasteiger partial charge on any atom is -0.495 e. The highest BCUT2D eigenvalue weighted by molar-refractivity contribution is 5.77. The summed E-state index contributed by atoms with van der Waals surface area (Å²) in [5, 5.41) is 0. The zero-order chi connectivity index (χ0) is 14.3. The van der Waals surface area contributed by atoms with Gasteiger partial charge in [-0.05, 0) is 25.2 Å². The lowest BCUT2D eigenvalue weighted by molar-refractivity contribution is 0.112. The molecule has 0 amide bonds. The van der Waals surface area contributed by atoms with Crippen LogP contribution in [0.3, 0.4) is 0 Å². The van der Waals surface area contributed by atoms with Gasteiger partial charge < -0.3 is 16.2 Å². The minimum atomic E-state index is 0.537. The van der Waals surface area contributed by atoms with Crippen molar-refractivity contribution in [3.63, 3.8) is 0 Å². The van der Waals surface area contributed by atoms with Gasteiger partial charge >= 0.3 is 0 Å². The molecule has 1 aromatic carbocycles. The summed E-state index contributed by atoms with van der Waals surface area (Å²) in [4.78, 5) is 10.3. The Kier molecular flexibility index (Phi) is 20.6. The van der Waals surface area contributed by atoms with Gasteiger partial charge in [0, 0.05) is 5.56 Å². The summed E-state index contributed by atoms with van der Waals surface area (Å²) < 4.78 is 4.90. The summed E-state index contributed by atoms with van der Waals surface area (Å²) in [6, 6.07) is 4.88. The number of nitrogens with two attached hydrogens (primary N) is 2. The molecule has 0 unspecified atom stereocenters. The molecule has 4 heteroatoms. The second-order valence-electron chi connectivity index (χ2n) is 2.12. The number of carbonyl (C=O) groups excluding carboxylic acids is 1. The molecular weight excluding hydrogens is 216 g/mol. The maximum Gasteiger partial charge on any atom is 0.150 e. The Labute approximate surface area is 105 Å². The average Bonchev–Trinajstić information content (AvgIpc) is 2.46. The maximum absolute atomic E-state index is 10.3. The highest BCUT2D eigenvalue weighted by Crippen LogP contribution is 2.20. The van der Waals surface area contributed by atoms with Gasteiger partial charge in [0.2, 0.25) is 0 Å². The Hall–Kier alpha value is -1.55. The van der Waals surface area contributed by atoms with Crippen molar-refractivity contribution in [2.45, 2.75) is 27.7 Å². The van der Waals surface area contributed by atoms with Crippen molar-refractivity contribution >= 4 is 12.0 Å². The van der Waals surface area contributed by atoms with E-state index in [2.05, 4.69) is 5.73 Å². The number of anilines is 1. The van der Waals surface area contributed by atoms with Gasteiger partial charge in [0.25, 0.3) is 0 Å². The molecule has 0 bridgehead atoms. The van der Waals surface area contributed by atoms with Crippen molar-refractivity contribution in [3.05, 3.63) is 23.8 Å². The van der Waals surface area contributed by atoms with Gasteiger partial charge in [0.05, 0.1) is 12.8 Å². The molecule has 1 rings (SSSR count). The predicted molar refractivity (Wildman–Crippen MR) is 75.6 cm³/mol. The van der Waals surface area contributed by atoms with E-state index in [9.17, 15) is 4.79 Å². The maximum atomic E-state index is 10.3. The minimum absolute atomic E-state index is 0.537. The van der Waals surface area contributed by atoms with Crippen LogP contribution in [0.2, 0.25) is 0 Å². The molecule has 0 saturated heterocycles. The largest absolute Gasteiger partial charge is 0.495 e. The second-order valence-corrected chi connectivity index (χ2v) is 2.12. The van der Waals surface area contributed by atoms with E-state index in [0.717, 1.165) is 6.29 Å². The van der Waals surface area contributed by atoms with Crippen LogP contribution in [-0.2, 0) is 0 Å². The molecule has 1 aromatic rings. The fraction of sp³-hybridized carbons (Fsp3) is 0.462. The normalized spacial score (nSPS) is 7.00. The number of methoxy groups -OCH3 is 1. The van der Waals surface area contributed by atoms with E-state index >= 15 is 0 Å². The number of aldehydes is 1. The Balaban J connectivity index is -0.000000285. The number of hydrogen-bond acceptors (Lipinski definition) is 4. The first-order valence-corrected chi connectivity index (χ1v) is 5.74. The lowest BCUT2D eigenvalue weighted by Crippen LogP contribution is -1.93. The Morgan fingerprint density at radius 2 is 1.59 bits per heavy atom. The third kappa shape index (κ3) is 9.38. The van der Waals surface area contributed by atoms with Crippen LogP contribution in [0.25, 0.3) is 0 Å². The van der Waals surface area contributed by atoms with Crippen LogP contribution in [0.4, 0.5) is 5.69 Å². The smallest absolute Gasteiger partial charge is 0.150 e. The van der Waals surface area contributed by atoms with Crippen molar-refractivity contribution in [3.8, 4) is 5.75 Å². The molecule has 100 valence electrons. The zero-order valence-corrected chi connectivity index (χ0v) is 11.8. The van der Waals surface area contributed by atoms with Gasteiger partial charge in [-0.15, -0.1) is 0 Å². The number of nitrogen functional groups attached to an aromatic ring is 1. The van der Waals surface area contributed by atoms with Crippen LogP contribution in [0, 0.1) is 0 Å². The molecule has 0 spiro atoms. The molecule has 4 N–H and O–H groups in total. The average molecular weight is 242 g/mol. The van der Waals surface area contributed by atoms with E-state index in [1.165, 1.54) is 14.2 Å². The third-order valence-electron chi connectivity index (χ3n) is 1.39. The number of rotatable bonds is 2. The molecule has 0 aliphatic carbocycles. The van der Waals surface area contributed by atoms with E-state index in [4.69, 9.17) is 10.5 Å². The van der Waals surface area contributed by atoms with Crippen molar-refractivity contribution in [2.75, 3.05) is 19.9 Å². The third-order valence-corrected chi connectivity index (χ3v) is 1.39. The van der Waals surface area contributed by atoms with Gasteiger partial charge in [0.1, 0.15) is 12.0 Å². The van der Waals surface area contributed by atoms with E-state index in [1.807, 2.05) is 27.7 Å². The molecule has 17 heavy (non-hydrogen) atoms. The van der Waals surface area contributed by atoms with E-state index < -0.39 is 0 Å². The van der Waals surface area contributed by atoms with Crippen LogP contribution in [0.15, 0.2) is 18.2 Å². The summed E-state index contributed by atoms with van der Waals surface area (Å²) in [5.41, 5.74) is 11.1. The molecule has 0 atom stereocenters. The number of ether oxygens (including phenoxy) is 1. The number of benzene rings is 1. The monoisotopic (exact) mass is 242 g/mol. The van der Waals surface area contributed by atoms with Crippen LogP contribution in [0.5, 0.6) is 5.75 Å². The Morgan fingerprint density at radius 3 is 1.94 bits per heavy atom. The predicted octanol–water partition coefficient (Wildman–Crippen LogP) is 2.72. The molecule has 0 aliphatic heterocycles. The second kappa shape index (κ2) is 16.9. The summed E-state index contributed by atoms with van der Waals surface area (Å²) >= 11 is 0. The van der Waals surface area contributed by atoms with Crippen molar-refractivity contribution in [2.24, 2.45) is 5.73 Å². The Morgan fingerprint density at radius 1 is 1.12 bits per heavy atom. The SMILES string of the molecule is CC.CC.CN.COc1cc(C=O)ccc1N. The fourth-order valence-corrected chi connectivity index (χ4v) is 0.801. The fourth-order valence-electron chi connectivity index (χ4n) is 0.801. The quantitative estimate of drug-likeness (QED) is 0.617. The first-order chi connectivity index (χ1) is 8.27. The number of hydrogen-bond donors (Lipinski definition) is 2. The van der Waals surface area contributed by atoms with Gasteiger partial charge in [-0.2, -0.15) is 0 Å². The molecule has 0 aromatic heterocycles. The van der Waals surface area contributed by atoms with Crippen LogP contribution >= 0.6 is 0 Å². The molecule has 0 fully saturated rings. The highest BCUT2D eigenvalue weighted by Gasteiger charge is 1.98. The van der Waals surface area contributed by atoms with E-state index in [-0.39, 0.29) is 0 Å². The molecular formula is C13H26N2O2. The molecule has 0 saturated carbocycles. The number of carbonyl (C=O) groups is 1. The van der Waals surface area contributed by atoms with E-state index in [1.54, 1.807) is 18.2 Å². The van der Waals surface area contributed by atoms with Gasteiger partial charge in [0.15, 0.2) is 0 Å². The zero-order valence-electron chi connectivity index (χ0n) is 11.8. The lowest BCUT2D eigenvalue weighted by atomic mass is 10.2. The standard InChI is InChI=1S/C8H9NO2.2C2H6.CH5N/c1-11-8-4-6(5-10)2-3-7(8)9;3*1-2/h2-5H,9H2,1H3;2*1-2H3;2H2,1H3. The van der Waals surface area contributed by atoms with Gasteiger partial charge in [-0.25, -0.2) is 0 Å². The molecule has 0 aliphatic rings. The van der Waals surface area contributed by atoms with Crippen molar-refractivity contribution in [1.29, 1.82) is 0 Å². The first-order valence-electron chi connectivity index (χ1n) is 5.74. The van der Waals surface area contributed by atoms with Crippen LogP contribution < -0.4 is 16.2 Å². The van der Waals surface area contributed by atoms with Gasteiger partial charge in [-0.1, -0.05) is 27.7 Å².